The van der Waals surface area contributed by atoms with E-state index in [9.17, 15) is 4.79 Å². The maximum atomic E-state index is 11.8. The van der Waals surface area contributed by atoms with Gasteiger partial charge in [-0.1, -0.05) is 13.8 Å². The molecule has 0 heterocycles. The zero-order valence-corrected chi connectivity index (χ0v) is 12.6. The Labute approximate surface area is 117 Å². The van der Waals surface area contributed by atoms with Crippen molar-refractivity contribution in [1.29, 1.82) is 0 Å². The molecule has 1 amide bonds. The Morgan fingerprint density at radius 2 is 2.00 bits per heavy atom. The Balaban J connectivity index is 1.93. The second-order valence-electron chi connectivity index (χ2n) is 7.00. The van der Waals surface area contributed by atoms with E-state index in [1.165, 1.54) is 32.1 Å². The van der Waals surface area contributed by atoms with E-state index in [4.69, 9.17) is 5.73 Å². The monoisotopic (exact) mass is 267 g/mol. The Morgan fingerprint density at radius 3 is 2.42 bits per heavy atom. The topological polar surface area (TPSA) is 58.4 Å². The van der Waals surface area contributed by atoms with Gasteiger partial charge < -0.3 is 5.73 Å². The van der Waals surface area contributed by atoms with E-state index in [2.05, 4.69) is 24.1 Å². The predicted octanol–water partition coefficient (Wildman–Crippen LogP) is 1.49. The van der Waals surface area contributed by atoms with Crippen LogP contribution in [0.2, 0.25) is 0 Å². The van der Waals surface area contributed by atoms with Crippen molar-refractivity contribution in [3.05, 3.63) is 0 Å². The van der Waals surface area contributed by atoms with Crippen molar-refractivity contribution in [3.63, 3.8) is 0 Å². The predicted molar refractivity (Wildman–Crippen MR) is 77.8 cm³/mol. The third kappa shape index (κ3) is 4.46. The molecule has 2 aliphatic carbocycles. The summed E-state index contributed by atoms with van der Waals surface area (Å²) in [6, 6.07) is 1.18. The second-order valence-corrected chi connectivity index (χ2v) is 7.00. The smallest absolute Gasteiger partial charge is 0.238 e. The van der Waals surface area contributed by atoms with Crippen LogP contribution in [-0.2, 0) is 4.79 Å². The highest BCUT2D eigenvalue weighted by molar-refractivity contribution is 5.84. The number of amides is 1. The number of carbonyl (C=O) groups excluding carboxylic acids is 1. The molecule has 0 aromatic carbocycles. The van der Waals surface area contributed by atoms with Gasteiger partial charge in [-0.15, -0.1) is 0 Å². The van der Waals surface area contributed by atoms with E-state index in [0.29, 0.717) is 18.0 Å². The number of nitrogens with zero attached hydrogens (tertiary/aromatic N) is 1. The fraction of sp³-hybridized carbons (Fsp3) is 0.933. The van der Waals surface area contributed by atoms with Crippen LogP contribution in [0, 0.1) is 5.92 Å². The number of primary amides is 1. The molecular weight excluding hydrogens is 238 g/mol. The first-order chi connectivity index (χ1) is 8.90. The third-order valence-corrected chi connectivity index (χ3v) is 4.22. The lowest BCUT2D eigenvalue weighted by molar-refractivity contribution is -0.124. The number of hydrogen-bond acceptors (Lipinski definition) is 3. The summed E-state index contributed by atoms with van der Waals surface area (Å²) in [7, 11) is 0. The van der Waals surface area contributed by atoms with E-state index in [1.807, 2.05) is 6.92 Å². The lowest BCUT2D eigenvalue weighted by Gasteiger charge is -2.34. The molecule has 1 unspecified atom stereocenters. The number of nitrogens with two attached hydrogens (primary N) is 1. The van der Waals surface area contributed by atoms with Crippen LogP contribution in [0.25, 0.3) is 0 Å². The highest BCUT2D eigenvalue weighted by Gasteiger charge is 2.41. The SMILES string of the molecule is CC(C)CCN(CC(C)(NC1CC1)C(N)=O)C1CC1. The maximum Gasteiger partial charge on any atom is 0.238 e. The van der Waals surface area contributed by atoms with Gasteiger partial charge >= 0.3 is 0 Å². The zero-order valence-electron chi connectivity index (χ0n) is 12.6. The molecule has 0 aliphatic heterocycles. The number of carbonyl (C=O) groups is 1. The molecule has 19 heavy (non-hydrogen) atoms. The second kappa shape index (κ2) is 5.80. The van der Waals surface area contributed by atoms with Gasteiger partial charge in [-0.25, -0.2) is 0 Å². The molecule has 0 radical (unpaired) electrons. The van der Waals surface area contributed by atoms with E-state index in [1.54, 1.807) is 0 Å². The van der Waals surface area contributed by atoms with Crippen LogP contribution < -0.4 is 11.1 Å². The summed E-state index contributed by atoms with van der Waals surface area (Å²) in [5.41, 5.74) is 5.08. The van der Waals surface area contributed by atoms with Gasteiger partial charge in [-0.3, -0.25) is 15.0 Å². The average Bonchev–Trinajstić information content (AvgIpc) is 3.15. The first-order valence-corrected chi connectivity index (χ1v) is 7.72. The molecule has 110 valence electrons. The van der Waals surface area contributed by atoms with Gasteiger partial charge in [-0.05, 0) is 51.5 Å². The van der Waals surface area contributed by atoms with Crippen LogP contribution >= 0.6 is 0 Å². The van der Waals surface area contributed by atoms with Gasteiger partial charge in [0.1, 0.15) is 5.54 Å². The summed E-state index contributed by atoms with van der Waals surface area (Å²) in [6.07, 6.45) is 6.10. The number of rotatable bonds is 9. The van der Waals surface area contributed by atoms with Gasteiger partial charge in [0.05, 0.1) is 0 Å². The van der Waals surface area contributed by atoms with E-state index < -0.39 is 5.54 Å². The molecule has 2 saturated carbocycles. The fourth-order valence-corrected chi connectivity index (χ4v) is 2.53. The van der Waals surface area contributed by atoms with Crippen LogP contribution in [0.3, 0.4) is 0 Å². The maximum absolute atomic E-state index is 11.8. The van der Waals surface area contributed by atoms with Crippen molar-refractivity contribution in [2.75, 3.05) is 13.1 Å². The molecule has 0 saturated heterocycles. The molecule has 0 aromatic heterocycles. The van der Waals surface area contributed by atoms with E-state index in [0.717, 1.165) is 13.1 Å². The minimum atomic E-state index is -0.569. The highest BCUT2D eigenvalue weighted by Crippen LogP contribution is 2.30. The molecular formula is C15H29N3O. The third-order valence-electron chi connectivity index (χ3n) is 4.22. The highest BCUT2D eigenvalue weighted by atomic mass is 16.1. The molecule has 1 atom stereocenters. The molecule has 0 spiro atoms. The summed E-state index contributed by atoms with van der Waals surface area (Å²) < 4.78 is 0. The van der Waals surface area contributed by atoms with Crippen molar-refractivity contribution in [2.24, 2.45) is 11.7 Å². The molecule has 4 nitrogen and oxygen atoms in total. The van der Waals surface area contributed by atoms with Crippen molar-refractivity contribution < 1.29 is 4.79 Å². The summed E-state index contributed by atoms with van der Waals surface area (Å²) in [5, 5.41) is 3.45. The standard InChI is InChI=1S/C15H29N3O/c1-11(2)8-9-18(13-6-7-13)10-15(3,14(16)19)17-12-4-5-12/h11-13,17H,4-10H2,1-3H3,(H2,16,19). The molecule has 4 heteroatoms. The molecule has 0 bridgehead atoms. The van der Waals surface area contributed by atoms with Crippen LogP contribution in [0.4, 0.5) is 0 Å². The van der Waals surface area contributed by atoms with Gasteiger partial charge in [0.15, 0.2) is 0 Å². The van der Waals surface area contributed by atoms with Crippen LogP contribution in [0.15, 0.2) is 0 Å². The molecule has 2 fully saturated rings. The molecule has 0 aromatic rings. The average molecular weight is 267 g/mol. The Hall–Kier alpha value is -0.610. The van der Waals surface area contributed by atoms with Crippen molar-refractivity contribution in [3.8, 4) is 0 Å². The summed E-state index contributed by atoms with van der Waals surface area (Å²) >= 11 is 0. The quantitative estimate of drug-likeness (QED) is 0.665. The van der Waals surface area contributed by atoms with Gasteiger partial charge in [0, 0.05) is 18.6 Å². The van der Waals surface area contributed by atoms with Crippen LogP contribution in [-0.4, -0.2) is 41.5 Å². The molecule has 2 aliphatic rings. The lowest BCUT2D eigenvalue weighted by Crippen LogP contribution is -2.60. The van der Waals surface area contributed by atoms with Crippen molar-refractivity contribution in [1.82, 2.24) is 10.2 Å². The van der Waals surface area contributed by atoms with Gasteiger partial charge in [0.25, 0.3) is 0 Å². The van der Waals surface area contributed by atoms with Gasteiger partial charge in [-0.2, -0.15) is 0 Å². The molecule has 3 N–H and O–H groups in total. The minimum absolute atomic E-state index is 0.213. The Morgan fingerprint density at radius 1 is 1.37 bits per heavy atom. The van der Waals surface area contributed by atoms with Crippen LogP contribution in [0.5, 0.6) is 0 Å². The summed E-state index contributed by atoms with van der Waals surface area (Å²) in [5.74, 6) is 0.493. The van der Waals surface area contributed by atoms with Crippen LogP contribution in [0.1, 0.15) is 52.9 Å². The van der Waals surface area contributed by atoms with Crippen molar-refractivity contribution >= 4 is 5.91 Å². The lowest BCUT2D eigenvalue weighted by atomic mass is 9.99. The van der Waals surface area contributed by atoms with Gasteiger partial charge in [0.2, 0.25) is 5.91 Å². The van der Waals surface area contributed by atoms with E-state index >= 15 is 0 Å². The van der Waals surface area contributed by atoms with E-state index in [-0.39, 0.29) is 5.91 Å². The number of hydrogen-bond donors (Lipinski definition) is 2. The normalized spacial score (nSPS) is 22.8. The summed E-state index contributed by atoms with van der Waals surface area (Å²) in [4.78, 5) is 14.3. The molecule has 2 rings (SSSR count). The Kier molecular flexibility index (Phi) is 4.51. The zero-order chi connectivity index (χ0) is 14.0. The fourth-order valence-electron chi connectivity index (χ4n) is 2.53. The first kappa shape index (κ1) is 14.8. The van der Waals surface area contributed by atoms with Crippen molar-refractivity contribution in [2.45, 2.75) is 70.5 Å². The largest absolute Gasteiger partial charge is 0.368 e. The number of nitrogens with one attached hydrogen (secondary N) is 1. The minimum Gasteiger partial charge on any atom is -0.368 e. The summed E-state index contributed by atoms with van der Waals surface area (Å²) in [6.45, 7) is 8.31. The Bertz CT molecular complexity index is 323. The first-order valence-electron chi connectivity index (χ1n) is 7.72.